The van der Waals surface area contributed by atoms with Crippen molar-refractivity contribution in [3.8, 4) is 5.75 Å². The van der Waals surface area contributed by atoms with Crippen molar-refractivity contribution in [3.05, 3.63) is 54.1 Å². The van der Waals surface area contributed by atoms with E-state index in [4.69, 9.17) is 10.5 Å². The summed E-state index contributed by atoms with van der Waals surface area (Å²) in [5.41, 5.74) is 8.08. The quantitative estimate of drug-likeness (QED) is 0.488. The predicted octanol–water partition coefficient (Wildman–Crippen LogP) is 4.14. The average molecular weight is 273 g/mol. The number of para-hydroxylation sites is 2. The molecular formula is C16H19NOS. The number of hydrogen-bond acceptors (Lipinski definition) is 3. The van der Waals surface area contributed by atoms with Gasteiger partial charge in [0.05, 0.1) is 6.61 Å². The van der Waals surface area contributed by atoms with E-state index in [1.165, 1.54) is 4.90 Å². The summed E-state index contributed by atoms with van der Waals surface area (Å²) in [6.07, 6.45) is 1.01. The largest absolute Gasteiger partial charge is 0.494 e. The van der Waals surface area contributed by atoms with Crippen LogP contribution in [0.15, 0.2) is 53.4 Å². The van der Waals surface area contributed by atoms with Crippen LogP contribution in [-0.4, -0.2) is 12.4 Å². The summed E-state index contributed by atoms with van der Waals surface area (Å²) in [7, 11) is 0. The van der Waals surface area contributed by atoms with Crippen molar-refractivity contribution in [2.45, 2.75) is 18.2 Å². The van der Waals surface area contributed by atoms with Crippen molar-refractivity contribution in [2.24, 2.45) is 0 Å². The van der Waals surface area contributed by atoms with Gasteiger partial charge in [0.15, 0.2) is 0 Å². The van der Waals surface area contributed by atoms with Crippen molar-refractivity contribution in [2.75, 3.05) is 18.1 Å². The van der Waals surface area contributed by atoms with E-state index in [-0.39, 0.29) is 0 Å². The van der Waals surface area contributed by atoms with Crippen LogP contribution < -0.4 is 10.5 Å². The number of rotatable bonds is 6. The van der Waals surface area contributed by atoms with Crippen LogP contribution in [0.2, 0.25) is 0 Å². The Morgan fingerprint density at radius 3 is 2.63 bits per heavy atom. The Balaban J connectivity index is 1.71. The van der Waals surface area contributed by atoms with Crippen LogP contribution in [0.1, 0.15) is 12.0 Å². The number of hydrogen-bond donors (Lipinski definition) is 1. The minimum absolute atomic E-state index is 0.739. The second-order valence-electron chi connectivity index (χ2n) is 4.35. The highest BCUT2D eigenvalue weighted by molar-refractivity contribution is 7.99. The van der Waals surface area contributed by atoms with Gasteiger partial charge in [-0.15, -0.1) is 11.8 Å². The standard InChI is InChI=1S/C16H19NOS/c1-13-7-5-10-15(16(13)17)19-12-6-11-18-14-8-3-2-4-9-14/h2-5,7-10H,6,11-12,17H2,1H3. The Hall–Kier alpha value is -1.61. The molecule has 0 bridgehead atoms. The highest BCUT2D eigenvalue weighted by atomic mass is 32.2. The van der Waals surface area contributed by atoms with Gasteiger partial charge in [-0.2, -0.15) is 0 Å². The topological polar surface area (TPSA) is 35.2 Å². The Labute approximate surface area is 119 Å². The van der Waals surface area contributed by atoms with Crippen molar-refractivity contribution < 1.29 is 4.74 Å². The van der Waals surface area contributed by atoms with Gasteiger partial charge in [-0.05, 0) is 37.1 Å². The molecule has 0 radical (unpaired) electrons. The molecule has 0 atom stereocenters. The fraction of sp³-hybridized carbons (Fsp3) is 0.250. The number of benzene rings is 2. The number of aryl methyl sites for hydroxylation is 1. The molecule has 19 heavy (non-hydrogen) atoms. The molecule has 100 valence electrons. The predicted molar refractivity (Wildman–Crippen MR) is 82.9 cm³/mol. The van der Waals surface area contributed by atoms with E-state index in [9.17, 15) is 0 Å². The van der Waals surface area contributed by atoms with Gasteiger partial charge in [0.25, 0.3) is 0 Å². The first-order valence-electron chi connectivity index (χ1n) is 6.43. The Bertz CT molecular complexity index is 513. The first-order chi connectivity index (χ1) is 9.27. The third kappa shape index (κ3) is 4.21. The number of anilines is 1. The molecule has 0 unspecified atom stereocenters. The highest BCUT2D eigenvalue weighted by Crippen LogP contribution is 2.27. The van der Waals surface area contributed by atoms with Gasteiger partial charge >= 0.3 is 0 Å². The molecule has 2 rings (SSSR count). The molecule has 0 fully saturated rings. The third-order valence-electron chi connectivity index (χ3n) is 2.84. The van der Waals surface area contributed by atoms with Crippen LogP contribution in [0.3, 0.4) is 0 Å². The molecule has 0 aliphatic heterocycles. The fourth-order valence-electron chi connectivity index (χ4n) is 1.73. The van der Waals surface area contributed by atoms with Gasteiger partial charge in [0.2, 0.25) is 0 Å². The number of nitrogen functional groups attached to an aromatic ring is 1. The van der Waals surface area contributed by atoms with Crippen LogP contribution in [0, 0.1) is 6.92 Å². The van der Waals surface area contributed by atoms with Gasteiger partial charge in [0.1, 0.15) is 5.75 Å². The Morgan fingerprint density at radius 1 is 1.05 bits per heavy atom. The summed E-state index contributed by atoms with van der Waals surface area (Å²) < 4.78 is 5.65. The molecule has 0 saturated heterocycles. The second-order valence-corrected chi connectivity index (χ2v) is 5.49. The lowest BCUT2D eigenvalue weighted by Crippen LogP contribution is -1.99. The minimum Gasteiger partial charge on any atom is -0.494 e. The summed E-state index contributed by atoms with van der Waals surface area (Å²) in [5.74, 6) is 1.95. The fourth-order valence-corrected chi connectivity index (χ4v) is 2.70. The summed E-state index contributed by atoms with van der Waals surface area (Å²) in [5, 5.41) is 0. The number of thioether (sulfide) groups is 1. The maximum absolute atomic E-state index is 6.04. The first kappa shape index (κ1) is 13.8. The summed E-state index contributed by atoms with van der Waals surface area (Å²) >= 11 is 1.79. The van der Waals surface area contributed by atoms with Crippen LogP contribution in [-0.2, 0) is 0 Å². The molecule has 0 aliphatic carbocycles. The van der Waals surface area contributed by atoms with Crippen molar-refractivity contribution >= 4 is 17.4 Å². The Morgan fingerprint density at radius 2 is 1.84 bits per heavy atom. The molecule has 0 heterocycles. The van der Waals surface area contributed by atoms with Crippen molar-refractivity contribution in [1.29, 1.82) is 0 Å². The molecule has 3 heteroatoms. The van der Waals surface area contributed by atoms with Gasteiger partial charge in [0, 0.05) is 16.3 Å². The lowest BCUT2D eigenvalue weighted by molar-refractivity contribution is 0.319. The van der Waals surface area contributed by atoms with Crippen LogP contribution in [0.25, 0.3) is 0 Å². The van der Waals surface area contributed by atoms with Crippen LogP contribution in [0.5, 0.6) is 5.75 Å². The van der Waals surface area contributed by atoms with Gasteiger partial charge in [-0.25, -0.2) is 0 Å². The smallest absolute Gasteiger partial charge is 0.119 e. The zero-order valence-electron chi connectivity index (χ0n) is 11.1. The van der Waals surface area contributed by atoms with Gasteiger partial charge in [-0.3, -0.25) is 0 Å². The van der Waals surface area contributed by atoms with E-state index < -0.39 is 0 Å². The SMILES string of the molecule is Cc1cccc(SCCCOc2ccccc2)c1N. The van der Waals surface area contributed by atoms with Gasteiger partial charge in [-0.1, -0.05) is 30.3 Å². The highest BCUT2D eigenvalue weighted by Gasteiger charge is 2.01. The lowest BCUT2D eigenvalue weighted by Gasteiger charge is -2.08. The lowest BCUT2D eigenvalue weighted by atomic mass is 10.2. The van der Waals surface area contributed by atoms with E-state index in [0.29, 0.717) is 0 Å². The maximum atomic E-state index is 6.04. The van der Waals surface area contributed by atoms with E-state index in [1.54, 1.807) is 11.8 Å². The Kier molecular flexibility index (Phi) is 5.16. The third-order valence-corrected chi connectivity index (χ3v) is 4.00. The van der Waals surface area contributed by atoms with E-state index in [1.807, 2.05) is 43.3 Å². The maximum Gasteiger partial charge on any atom is 0.119 e. The number of ether oxygens (including phenoxy) is 1. The van der Waals surface area contributed by atoms with E-state index in [2.05, 4.69) is 12.1 Å². The molecule has 0 aliphatic rings. The molecule has 0 spiro atoms. The van der Waals surface area contributed by atoms with Crippen LogP contribution >= 0.6 is 11.8 Å². The average Bonchev–Trinajstić information content (AvgIpc) is 2.44. The van der Waals surface area contributed by atoms with Crippen LogP contribution in [0.4, 0.5) is 5.69 Å². The summed E-state index contributed by atoms with van der Waals surface area (Å²) in [4.78, 5) is 1.17. The van der Waals surface area contributed by atoms with E-state index >= 15 is 0 Å². The zero-order valence-corrected chi connectivity index (χ0v) is 12.0. The zero-order chi connectivity index (χ0) is 13.5. The molecule has 2 nitrogen and oxygen atoms in total. The molecule has 0 aromatic heterocycles. The van der Waals surface area contributed by atoms with E-state index in [0.717, 1.165) is 35.8 Å². The first-order valence-corrected chi connectivity index (χ1v) is 7.41. The molecule has 0 saturated carbocycles. The minimum atomic E-state index is 0.739. The molecular weight excluding hydrogens is 254 g/mol. The molecule has 2 aromatic carbocycles. The normalized spacial score (nSPS) is 10.4. The second kappa shape index (κ2) is 7.10. The molecule has 0 amide bonds. The molecule has 2 N–H and O–H groups in total. The summed E-state index contributed by atoms with van der Waals surface area (Å²) in [6, 6.07) is 16.1. The summed E-state index contributed by atoms with van der Waals surface area (Å²) in [6.45, 7) is 2.78. The van der Waals surface area contributed by atoms with Crippen molar-refractivity contribution in [1.82, 2.24) is 0 Å². The van der Waals surface area contributed by atoms with Gasteiger partial charge < -0.3 is 10.5 Å². The monoisotopic (exact) mass is 273 g/mol. The molecule has 2 aromatic rings. The van der Waals surface area contributed by atoms with Crippen molar-refractivity contribution in [3.63, 3.8) is 0 Å². The number of nitrogens with two attached hydrogens (primary N) is 1.